The molecule has 2 rings (SSSR count). The number of ether oxygens (including phenoxy) is 1. The van der Waals surface area contributed by atoms with E-state index in [9.17, 15) is 4.79 Å². The normalized spacial score (nSPS) is 25.1. The summed E-state index contributed by atoms with van der Waals surface area (Å²) in [5, 5.41) is 0. The van der Waals surface area contributed by atoms with Gasteiger partial charge in [0.25, 0.3) is 0 Å². The van der Waals surface area contributed by atoms with Crippen LogP contribution in [0.25, 0.3) is 0 Å². The van der Waals surface area contributed by atoms with Crippen molar-refractivity contribution in [3.05, 3.63) is 35.9 Å². The van der Waals surface area contributed by atoms with Gasteiger partial charge in [0.2, 0.25) is 5.91 Å². The van der Waals surface area contributed by atoms with Gasteiger partial charge in [-0.05, 0) is 25.8 Å². The molecule has 0 radical (unpaired) electrons. The zero-order valence-corrected chi connectivity index (χ0v) is 12.0. The average molecular weight is 261 g/mol. The van der Waals surface area contributed by atoms with E-state index in [1.807, 2.05) is 49.1 Å². The number of amides is 1. The van der Waals surface area contributed by atoms with Crippen molar-refractivity contribution in [3.63, 3.8) is 0 Å². The van der Waals surface area contributed by atoms with E-state index < -0.39 is 0 Å². The lowest BCUT2D eigenvalue weighted by Crippen LogP contribution is -2.49. The fourth-order valence-electron chi connectivity index (χ4n) is 2.82. The molecule has 0 N–H and O–H groups in total. The lowest BCUT2D eigenvalue weighted by Gasteiger charge is -2.37. The number of carbonyl (C=O) groups excluding carboxylic acids is 1. The first-order valence-electron chi connectivity index (χ1n) is 7.11. The van der Waals surface area contributed by atoms with Crippen molar-refractivity contribution in [3.8, 4) is 0 Å². The summed E-state index contributed by atoms with van der Waals surface area (Å²) in [7, 11) is 0. The molecule has 3 nitrogen and oxygen atoms in total. The molecule has 0 aromatic heterocycles. The SMILES string of the molecule is CC[C@H](C(=O)N1C[C@H](C)O[C@@H](C)C1)c1ccccc1. The second-order valence-electron chi connectivity index (χ2n) is 5.37. The number of benzene rings is 1. The Morgan fingerprint density at radius 1 is 1.26 bits per heavy atom. The summed E-state index contributed by atoms with van der Waals surface area (Å²) in [6, 6.07) is 10.1. The molecule has 0 saturated carbocycles. The fraction of sp³-hybridized carbons (Fsp3) is 0.562. The maximum atomic E-state index is 12.7. The predicted octanol–water partition coefficient (Wildman–Crippen LogP) is 2.82. The van der Waals surface area contributed by atoms with Gasteiger partial charge in [0.05, 0.1) is 18.1 Å². The van der Waals surface area contributed by atoms with E-state index in [4.69, 9.17) is 4.74 Å². The molecule has 1 heterocycles. The maximum Gasteiger partial charge on any atom is 0.230 e. The van der Waals surface area contributed by atoms with Gasteiger partial charge in [-0.2, -0.15) is 0 Å². The molecule has 1 amide bonds. The second kappa shape index (κ2) is 6.20. The quantitative estimate of drug-likeness (QED) is 0.837. The van der Waals surface area contributed by atoms with Crippen LogP contribution >= 0.6 is 0 Å². The summed E-state index contributed by atoms with van der Waals surface area (Å²) in [6.07, 6.45) is 1.09. The van der Waals surface area contributed by atoms with Gasteiger partial charge in [0, 0.05) is 13.1 Å². The van der Waals surface area contributed by atoms with Gasteiger partial charge >= 0.3 is 0 Å². The number of morpholine rings is 1. The summed E-state index contributed by atoms with van der Waals surface area (Å²) in [5.41, 5.74) is 1.11. The van der Waals surface area contributed by atoms with Gasteiger partial charge in [-0.25, -0.2) is 0 Å². The van der Waals surface area contributed by atoms with Crippen LogP contribution < -0.4 is 0 Å². The zero-order valence-electron chi connectivity index (χ0n) is 12.0. The molecule has 0 unspecified atom stereocenters. The van der Waals surface area contributed by atoms with Crippen LogP contribution in [0.3, 0.4) is 0 Å². The van der Waals surface area contributed by atoms with Gasteiger partial charge in [-0.15, -0.1) is 0 Å². The number of hydrogen-bond donors (Lipinski definition) is 0. The van der Waals surface area contributed by atoms with Crippen molar-refractivity contribution < 1.29 is 9.53 Å². The zero-order chi connectivity index (χ0) is 13.8. The molecule has 0 aliphatic carbocycles. The Kier molecular flexibility index (Phi) is 4.59. The third-order valence-corrected chi connectivity index (χ3v) is 3.64. The molecule has 1 aliphatic heterocycles. The number of hydrogen-bond acceptors (Lipinski definition) is 2. The molecule has 3 atom stereocenters. The Labute approximate surface area is 115 Å². The van der Waals surface area contributed by atoms with Gasteiger partial charge in [-0.3, -0.25) is 4.79 Å². The predicted molar refractivity (Wildman–Crippen MR) is 76.1 cm³/mol. The molecule has 1 aromatic carbocycles. The minimum Gasteiger partial charge on any atom is -0.372 e. The van der Waals surface area contributed by atoms with E-state index in [1.165, 1.54) is 0 Å². The van der Waals surface area contributed by atoms with Crippen LogP contribution in [0.1, 0.15) is 38.7 Å². The Hall–Kier alpha value is -1.35. The minimum absolute atomic E-state index is 0.0290. The molecule has 0 spiro atoms. The first-order valence-corrected chi connectivity index (χ1v) is 7.11. The van der Waals surface area contributed by atoms with E-state index in [0.29, 0.717) is 13.1 Å². The van der Waals surface area contributed by atoms with Crippen molar-refractivity contribution in [1.29, 1.82) is 0 Å². The van der Waals surface area contributed by atoms with Crippen LogP contribution in [0, 0.1) is 0 Å². The van der Waals surface area contributed by atoms with Crippen LogP contribution in [0.2, 0.25) is 0 Å². The van der Waals surface area contributed by atoms with Gasteiger partial charge in [0.1, 0.15) is 0 Å². The van der Waals surface area contributed by atoms with E-state index in [2.05, 4.69) is 6.92 Å². The van der Waals surface area contributed by atoms with Crippen molar-refractivity contribution in [1.82, 2.24) is 4.90 Å². The lowest BCUT2D eigenvalue weighted by atomic mass is 9.94. The van der Waals surface area contributed by atoms with Crippen molar-refractivity contribution in [2.75, 3.05) is 13.1 Å². The van der Waals surface area contributed by atoms with Crippen LogP contribution in [0.4, 0.5) is 0 Å². The fourth-order valence-corrected chi connectivity index (χ4v) is 2.82. The smallest absolute Gasteiger partial charge is 0.230 e. The summed E-state index contributed by atoms with van der Waals surface area (Å²) in [6.45, 7) is 7.53. The molecular formula is C16H23NO2. The Bertz CT molecular complexity index is 408. The molecule has 19 heavy (non-hydrogen) atoms. The van der Waals surface area contributed by atoms with E-state index >= 15 is 0 Å². The molecule has 1 aromatic rings. The van der Waals surface area contributed by atoms with Crippen LogP contribution in [-0.4, -0.2) is 36.1 Å². The maximum absolute atomic E-state index is 12.7. The van der Waals surface area contributed by atoms with E-state index in [-0.39, 0.29) is 24.0 Å². The molecule has 104 valence electrons. The summed E-state index contributed by atoms with van der Waals surface area (Å²) in [5.74, 6) is 0.203. The lowest BCUT2D eigenvalue weighted by molar-refractivity contribution is -0.144. The van der Waals surface area contributed by atoms with Crippen LogP contribution in [0.15, 0.2) is 30.3 Å². The topological polar surface area (TPSA) is 29.5 Å². The molecular weight excluding hydrogens is 238 g/mol. The highest BCUT2D eigenvalue weighted by Gasteiger charge is 2.30. The first kappa shape index (κ1) is 14.1. The number of nitrogens with zero attached hydrogens (tertiary/aromatic N) is 1. The van der Waals surface area contributed by atoms with Crippen molar-refractivity contribution in [2.24, 2.45) is 0 Å². The molecule has 1 saturated heterocycles. The highest BCUT2D eigenvalue weighted by molar-refractivity contribution is 5.83. The highest BCUT2D eigenvalue weighted by atomic mass is 16.5. The second-order valence-corrected chi connectivity index (χ2v) is 5.37. The molecule has 3 heteroatoms. The van der Waals surface area contributed by atoms with Gasteiger partial charge < -0.3 is 9.64 Å². The largest absolute Gasteiger partial charge is 0.372 e. The van der Waals surface area contributed by atoms with Crippen molar-refractivity contribution in [2.45, 2.75) is 45.3 Å². The number of carbonyl (C=O) groups is 1. The third-order valence-electron chi connectivity index (χ3n) is 3.64. The van der Waals surface area contributed by atoms with E-state index in [1.54, 1.807) is 0 Å². The summed E-state index contributed by atoms with van der Waals surface area (Å²) in [4.78, 5) is 14.6. The molecule has 1 fully saturated rings. The number of rotatable bonds is 3. The Balaban J connectivity index is 2.13. The average Bonchev–Trinajstić information content (AvgIpc) is 2.39. The third kappa shape index (κ3) is 3.35. The van der Waals surface area contributed by atoms with Crippen LogP contribution in [-0.2, 0) is 9.53 Å². The van der Waals surface area contributed by atoms with Gasteiger partial charge in [0.15, 0.2) is 0 Å². The standard InChI is InChI=1S/C16H23NO2/c1-4-15(14-8-6-5-7-9-14)16(18)17-10-12(2)19-13(3)11-17/h5-9,12-13,15H,4,10-11H2,1-3H3/t12-,13-,15-/m0/s1. The Morgan fingerprint density at radius 3 is 2.37 bits per heavy atom. The summed E-state index contributed by atoms with van der Waals surface area (Å²) >= 11 is 0. The monoisotopic (exact) mass is 261 g/mol. The minimum atomic E-state index is -0.0290. The highest BCUT2D eigenvalue weighted by Crippen LogP contribution is 2.24. The first-order chi connectivity index (χ1) is 9.11. The van der Waals surface area contributed by atoms with Crippen molar-refractivity contribution >= 4 is 5.91 Å². The van der Waals surface area contributed by atoms with Crippen LogP contribution in [0.5, 0.6) is 0 Å². The summed E-state index contributed by atoms with van der Waals surface area (Å²) < 4.78 is 5.69. The molecule has 0 bridgehead atoms. The van der Waals surface area contributed by atoms with Gasteiger partial charge in [-0.1, -0.05) is 37.3 Å². The Morgan fingerprint density at radius 2 is 1.84 bits per heavy atom. The van der Waals surface area contributed by atoms with E-state index in [0.717, 1.165) is 12.0 Å². The molecule has 1 aliphatic rings.